The number of carbonyl (C=O) groups excluding carboxylic acids is 1. The summed E-state index contributed by atoms with van der Waals surface area (Å²) in [5.41, 5.74) is 0.750. The van der Waals surface area contributed by atoms with E-state index in [0.29, 0.717) is 0 Å². The first kappa shape index (κ1) is 8.18. The molecule has 0 radical (unpaired) electrons. The fourth-order valence-corrected chi connectivity index (χ4v) is 2.92. The smallest absolute Gasteiger partial charge is 0.169 e. The zero-order valence-electron chi connectivity index (χ0n) is 7.86. The van der Waals surface area contributed by atoms with Crippen molar-refractivity contribution >= 4 is 5.78 Å². The lowest BCUT2D eigenvalue weighted by Gasteiger charge is -2.22. The van der Waals surface area contributed by atoms with E-state index in [0.717, 1.165) is 30.4 Å². The molecule has 1 N–H and O–H groups in total. The molecule has 1 saturated carbocycles. The summed E-state index contributed by atoms with van der Waals surface area (Å²) in [6, 6.07) is 7.47. The molecule has 2 nitrogen and oxygen atoms in total. The third kappa shape index (κ3) is 0.775. The van der Waals surface area contributed by atoms with Crippen LogP contribution in [0.1, 0.15) is 35.2 Å². The highest BCUT2D eigenvalue weighted by Crippen LogP contribution is 2.51. The van der Waals surface area contributed by atoms with E-state index >= 15 is 0 Å². The summed E-state index contributed by atoms with van der Waals surface area (Å²) in [6.45, 7) is 0. The lowest BCUT2D eigenvalue weighted by molar-refractivity contribution is 0.0132. The van der Waals surface area contributed by atoms with Crippen LogP contribution in [0.15, 0.2) is 24.3 Å². The van der Waals surface area contributed by atoms with Crippen LogP contribution in [0.5, 0.6) is 0 Å². The molecule has 2 heteroatoms. The van der Waals surface area contributed by atoms with Crippen molar-refractivity contribution < 1.29 is 9.90 Å². The number of aliphatic hydroxyl groups is 1. The largest absolute Gasteiger partial charge is 0.384 e. The van der Waals surface area contributed by atoms with Gasteiger partial charge in [0.05, 0.1) is 5.92 Å². The van der Waals surface area contributed by atoms with Crippen molar-refractivity contribution in [2.24, 2.45) is 5.92 Å². The monoisotopic (exact) mass is 188 g/mol. The highest BCUT2D eigenvalue weighted by molar-refractivity contribution is 6.04. The van der Waals surface area contributed by atoms with Gasteiger partial charge in [-0.3, -0.25) is 4.79 Å². The molecule has 0 amide bonds. The Morgan fingerprint density at radius 3 is 3.00 bits per heavy atom. The van der Waals surface area contributed by atoms with Crippen molar-refractivity contribution in [1.82, 2.24) is 0 Å². The van der Waals surface area contributed by atoms with Gasteiger partial charge in [0.1, 0.15) is 5.60 Å². The average molecular weight is 188 g/mol. The molecule has 1 fully saturated rings. The third-order valence-corrected chi connectivity index (χ3v) is 3.60. The van der Waals surface area contributed by atoms with Gasteiger partial charge in [0.15, 0.2) is 5.78 Å². The Morgan fingerprint density at radius 1 is 1.36 bits per heavy atom. The molecular weight excluding hydrogens is 176 g/mol. The number of benzene rings is 1. The molecule has 0 heterocycles. The van der Waals surface area contributed by atoms with E-state index in [9.17, 15) is 9.90 Å². The molecule has 0 aromatic heterocycles. The van der Waals surface area contributed by atoms with Crippen molar-refractivity contribution in [2.75, 3.05) is 0 Å². The summed E-state index contributed by atoms with van der Waals surface area (Å²) in [5.74, 6) is -0.0273. The summed E-state index contributed by atoms with van der Waals surface area (Å²) in [7, 11) is 0. The summed E-state index contributed by atoms with van der Waals surface area (Å²) < 4.78 is 0. The Balaban J connectivity index is 2.26. The number of rotatable bonds is 0. The Kier molecular flexibility index (Phi) is 1.43. The van der Waals surface area contributed by atoms with Gasteiger partial charge < -0.3 is 5.11 Å². The van der Waals surface area contributed by atoms with Gasteiger partial charge in [-0.1, -0.05) is 24.3 Å². The fourth-order valence-electron chi connectivity index (χ4n) is 2.92. The second kappa shape index (κ2) is 2.45. The topological polar surface area (TPSA) is 37.3 Å². The maximum absolute atomic E-state index is 11.9. The highest BCUT2D eigenvalue weighted by atomic mass is 16.3. The molecule has 14 heavy (non-hydrogen) atoms. The van der Waals surface area contributed by atoms with E-state index in [1.807, 2.05) is 24.3 Å². The van der Waals surface area contributed by atoms with Gasteiger partial charge in [0.2, 0.25) is 0 Å². The van der Waals surface area contributed by atoms with E-state index in [4.69, 9.17) is 0 Å². The molecule has 2 aliphatic rings. The molecule has 1 aromatic carbocycles. The first-order chi connectivity index (χ1) is 6.73. The average Bonchev–Trinajstić information content (AvgIpc) is 2.67. The molecule has 2 aliphatic carbocycles. The minimum Gasteiger partial charge on any atom is -0.384 e. The van der Waals surface area contributed by atoms with Gasteiger partial charge in [0, 0.05) is 5.56 Å². The van der Waals surface area contributed by atoms with E-state index in [-0.39, 0.29) is 11.7 Å². The van der Waals surface area contributed by atoms with E-state index < -0.39 is 5.60 Å². The van der Waals surface area contributed by atoms with Gasteiger partial charge in [-0.05, 0) is 24.8 Å². The minimum atomic E-state index is -0.840. The normalized spacial score (nSPS) is 34.4. The molecule has 0 spiro atoms. The Hall–Kier alpha value is -1.15. The maximum atomic E-state index is 11.9. The summed E-state index contributed by atoms with van der Waals surface area (Å²) >= 11 is 0. The van der Waals surface area contributed by atoms with Crippen molar-refractivity contribution in [1.29, 1.82) is 0 Å². The van der Waals surface area contributed by atoms with Crippen LogP contribution in [-0.2, 0) is 5.60 Å². The lowest BCUT2D eigenvalue weighted by Crippen LogP contribution is -2.27. The molecular formula is C12H12O2. The first-order valence-electron chi connectivity index (χ1n) is 5.09. The molecule has 2 atom stereocenters. The minimum absolute atomic E-state index is 0.139. The lowest BCUT2D eigenvalue weighted by atomic mass is 9.90. The van der Waals surface area contributed by atoms with Crippen LogP contribution in [0.3, 0.4) is 0 Å². The molecule has 72 valence electrons. The highest BCUT2D eigenvalue weighted by Gasteiger charge is 2.53. The Labute approximate surface area is 82.6 Å². The number of ketones is 1. The van der Waals surface area contributed by atoms with Gasteiger partial charge in [0.25, 0.3) is 0 Å². The SMILES string of the molecule is O=C1c2ccccc2[C@]2(O)CCC[C@H]12. The molecule has 0 saturated heterocycles. The van der Waals surface area contributed by atoms with Gasteiger partial charge in [-0.15, -0.1) is 0 Å². The predicted molar refractivity (Wildman–Crippen MR) is 52.0 cm³/mol. The van der Waals surface area contributed by atoms with E-state index in [1.54, 1.807) is 0 Å². The van der Waals surface area contributed by atoms with Crippen LogP contribution in [0.2, 0.25) is 0 Å². The second-order valence-corrected chi connectivity index (χ2v) is 4.28. The van der Waals surface area contributed by atoms with Crippen LogP contribution >= 0.6 is 0 Å². The first-order valence-corrected chi connectivity index (χ1v) is 5.09. The maximum Gasteiger partial charge on any atom is 0.169 e. The number of hydrogen-bond acceptors (Lipinski definition) is 2. The molecule has 1 aromatic rings. The summed E-state index contributed by atoms with van der Waals surface area (Å²) in [5, 5.41) is 10.4. The summed E-state index contributed by atoms with van der Waals surface area (Å²) in [6.07, 6.45) is 2.53. The summed E-state index contributed by atoms with van der Waals surface area (Å²) in [4.78, 5) is 11.9. The Morgan fingerprint density at radius 2 is 2.14 bits per heavy atom. The fraction of sp³-hybridized carbons (Fsp3) is 0.417. The van der Waals surface area contributed by atoms with Crippen molar-refractivity contribution in [3.8, 4) is 0 Å². The number of fused-ring (bicyclic) bond motifs is 3. The predicted octanol–water partition coefficient (Wildman–Crippen LogP) is 1.87. The molecule has 0 unspecified atom stereocenters. The second-order valence-electron chi connectivity index (χ2n) is 4.28. The van der Waals surface area contributed by atoms with Crippen LogP contribution < -0.4 is 0 Å². The number of carbonyl (C=O) groups is 1. The number of hydrogen-bond donors (Lipinski definition) is 1. The molecule has 0 aliphatic heterocycles. The third-order valence-electron chi connectivity index (χ3n) is 3.60. The van der Waals surface area contributed by atoms with Crippen LogP contribution in [0, 0.1) is 5.92 Å². The van der Waals surface area contributed by atoms with Crippen molar-refractivity contribution in [2.45, 2.75) is 24.9 Å². The van der Waals surface area contributed by atoms with Gasteiger partial charge in [-0.25, -0.2) is 0 Å². The van der Waals surface area contributed by atoms with Crippen LogP contribution in [0.4, 0.5) is 0 Å². The van der Waals surface area contributed by atoms with E-state index in [2.05, 4.69) is 0 Å². The van der Waals surface area contributed by atoms with Crippen LogP contribution in [0.25, 0.3) is 0 Å². The number of Topliss-reactive ketones (excluding diaryl/α,β-unsaturated/α-hetero) is 1. The zero-order valence-corrected chi connectivity index (χ0v) is 7.86. The van der Waals surface area contributed by atoms with Crippen molar-refractivity contribution in [3.05, 3.63) is 35.4 Å². The van der Waals surface area contributed by atoms with Crippen molar-refractivity contribution in [3.63, 3.8) is 0 Å². The zero-order chi connectivity index (χ0) is 9.76. The van der Waals surface area contributed by atoms with Crippen LogP contribution in [-0.4, -0.2) is 10.9 Å². The quantitative estimate of drug-likeness (QED) is 0.674. The standard InChI is InChI=1S/C12H12O2/c13-11-8-4-1-2-5-9(8)12(14)7-3-6-10(11)12/h1-2,4-5,10,14H,3,6-7H2/t10-,12-/m1/s1. The van der Waals surface area contributed by atoms with Gasteiger partial charge >= 0.3 is 0 Å². The molecule has 0 bridgehead atoms. The van der Waals surface area contributed by atoms with E-state index in [1.165, 1.54) is 0 Å². The Bertz CT molecular complexity index is 411. The molecule has 3 rings (SSSR count). The van der Waals surface area contributed by atoms with Gasteiger partial charge in [-0.2, -0.15) is 0 Å².